The lowest BCUT2D eigenvalue weighted by molar-refractivity contribution is 0.0772. The Morgan fingerprint density at radius 1 is 1.04 bits per heavy atom. The van der Waals surface area contributed by atoms with E-state index in [2.05, 4.69) is 11.4 Å². The molecule has 1 N–H and O–H groups in total. The molecule has 0 unspecified atom stereocenters. The predicted molar refractivity (Wildman–Crippen MR) is 97.2 cm³/mol. The number of nitrogens with one attached hydrogen (secondary N) is 1. The van der Waals surface area contributed by atoms with E-state index in [1.807, 2.05) is 13.8 Å². The maximum Gasteiger partial charge on any atom is 0.253 e. The van der Waals surface area contributed by atoms with E-state index in [0.717, 1.165) is 12.8 Å². The number of rotatable bonds is 7. The summed E-state index contributed by atoms with van der Waals surface area (Å²) < 4.78 is 0. The average molecular weight is 328 g/mol. The minimum absolute atomic E-state index is 0.0104. The van der Waals surface area contributed by atoms with Crippen molar-refractivity contribution in [2.75, 3.05) is 19.6 Å². The third-order valence-electron chi connectivity index (χ3n) is 4.56. The van der Waals surface area contributed by atoms with Crippen molar-refractivity contribution in [2.45, 2.75) is 46.0 Å². The summed E-state index contributed by atoms with van der Waals surface area (Å²) in [7, 11) is 0. The Bertz CT molecular complexity index is 586. The van der Waals surface area contributed by atoms with Crippen LogP contribution in [0.5, 0.6) is 0 Å². The van der Waals surface area contributed by atoms with Crippen molar-refractivity contribution in [2.24, 2.45) is 0 Å². The van der Waals surface area contributed by atoms with Crippen molar-refractivity contribution in [1.82, 2.24) is 10.2 Å². The number of allylic oxidation sites excluding steroid dienone is 1. The fourth-order valence-electron chi connectivity index (χ4n) is 3.03. The van der Waals surface area contributed by atoms with Crippen LogP contribution in [-0.2, 0) is 0 Å². The molecule has 130 valence electrons. The molecule has 0 saturated carbocycles. The maximum absolute atomic E-state index is 12.3. The molecule has 0 atom stereocenters. The molecule has 0 aliphatic heterocycles. The van der Waals surface area contributed by atoms with Crippen LogP contribution in [0.1, 0.15) is 66.7 Å². The van der Waals surface area contributed by atoms with E-state index in [9.17, 15) is 9.59 Å². The van der Waals surface area contributed by atoms with Crippen LogP contribution in [0.4, 0.5) is 0 Å². The monoisotopic (exact) mass is 328 g/mol. The number of benzene rings is 1. The van der Waals surface area contributed by atoms with Crippen LogP contribution < -0.4 is 5.32 Å². The molecule has 0 heterocycles. The minimum Gasteiger partial charge on any atom is -0.352 e. The second-order valence-electron chi connectivity index (χ2n) is 6.17. The summed E-state index contributed by atoms with van der Waals surface area (Å²) >= 11 is 0. The number of hydrogen-bond donors (Lipinski definition) is 1. The lowest BCUT2D eigenvalue weighted by Gasteiger charge is -2.18. The standard InChI is InChI=1S/C20H28N2O2/c1-3-22(4-2)20(24)18-12-10-17(11-13-18)19(23)21-15-14-16-8-6-5-7-9-16/h8,10-13H,3-7,9,14-15H2,1-2H3,(H,21,23). The summed E-state index contributed by atoms with van der Waals surface area (Å²) in [6.45, 7) is 5.97. The SMILES string of the molecule is CCN(CC)C(=O)c1ccc(C(=O)NCCC2=CCCCC2)cc1. The number of amides is 2. The zero-order valence-electron chi connectivity index (χ0n) is 14.8. The van der Waals surface area contributed by atoms with E-state index < -0.39 is 0 Å². The van der Waals surface area contributed by atoms with Crippen molar-refractivity contribution in [3.05, 3.63) is 47.0 Å². The second-order valence-corrected chi connectivity index (χ2v) is 6.17. The Kier molecular flexibility index (Phi) is 7.04. The van der Waals surface area contributed by atoms with Crippen LogP contribution in [0.3, 0.4) is 0 Å². The third-order valence-corrected chi connectivity index (χ3v) is 4.56. The van der Waals surface area contributed by atoms with Crippen LogP contribution >= 0.6 is 0 Å². The van der Waals surface area contributed by atoms with E-state index in [4.69, 9.17) is 0 Å². The van der Waals surface area contributed by atoms with Crippen molar-refractivity contribution in [3.8, 4) is 0 Å². The quantitative estimate of drug-likeness (QED) is 0.774. The predicted octanol–water partition coefficient (Wildman–Crippen LogP) is 3.79. The summed E-state index contributed by atoms with van der Waals surface area (Å²) in [5.74, 6) is -0.0653. The molecule has 0 radical (unpaired) electrons. The maximum atomic E-state index is 12.3. The van der Waals surface area contributed by atoms with Gasteiger partial charge in [0.1, 0.15) is 0 Å². The van der Waals surface area contributed by atoms with Gasteiger partial charge in [0.2, 0.25) is 0 Å². The molecule has 4 nitrogen and oxygen atoms in total. The van der Waals surface area contributed by atoms with Crippen LogP contribution in [0.25, 0.3) is 0 Å². The summed E-state index contributed by atoms with van der Waals surface area (Å²) in [5.41, 5.74) is 2.69. The van der Waals surface area contributed by atoms with Gasteiger partial charge in [-0.3, -0.25) is 9.59 Å². The summed E-state index contributed by atoms with van der Waals surface area (Å²) in [6.07, 6.45) is 8.13. The molecule has 1 aromatic rings. The van der Waals surface area contributed by atoms with Crippen LogP contribution in [0.2, 0.25) is 0 Å². The zero-order chi connectivity index (χ0) is 17.4. The lowest BCUT2D eigenvalue weighted by Crippen LogP contribution is -2.30. The largest absolute Gasteiger partial charge is 0.352 e. The van der Waals surface area contributed by atoms with Crippen molar-refractivity contribution in [3.63, 3.8) is 0 Å². The van der Waals surface area contributed by atoms with E-state index >= 15 is 0 Å². The van der Waals surface area contributed by atoms with Crippen LogP contribution in [-0.4, -0.2) is 36.3 Å². The first-order valence-electron chi connectivity index (χ1n) is 9.01. The molecule has 0 bridgehead atoms. The van der Waals surface area contributed by atoms with Crippen LogP contribution in [0, 0.1) is 0 Å². The highest BCUT2D eigenvalue weighted by atomic mass is 16.2. The molecule has 4 heteroatoms. The highest BCUT2D eigenvalue weighted by Gasteiger charge is 2.13. The first-order valence-corrected chi connectivity index (χ1v) is 9.01. The van der Waals surface area contributed by atoms with E-state index in [1.165, 1.54) is 24.8 Å². The molecule has 24 heavy (non-hydrogen) atoms. The number of carbonyl (C=O) groups is 2. The molecular formula is C20H28N2O2. The fraction of sp³-hybridized carbons (Fsp3) is 0.500. The minimum atomic E-state index is -0.0757. The van der Waals surface area contributed by atoms with Gasteiger partial charge in [-0.25, -0.2) is 0 Å². The number of hydrogen-bond acceptors (Lipinski definition) is 2. The molecule has 1 aliphatic carbocycles. The first kappa shape index (κ1) is 18.2. The van der Waals surface area contributed by atoms with Gasteiger partial charge in [0.15, 0.2) is 0 Å². The van der Waals surface area contributed by atoms with Gasteiger partial charge in [-0.15, -0.1) is 0 Å². The molecule has 1 aliphatic rings. The van der Waals surface area contributed by atoms with Crippen molar-refractivity contribution < 1.29 is 9.59 Å². The van der Waals surface area contributed by atoms with Gasteiger partial charge < -0.3 is 10.2 Å². The average Bonchev–Trinajstić information content (AvgIpc) is 2.63. The highest BCUT2D eigenvalue weighted by molar-refractivity contribution is 5.97. The molecule has 0 aromatic heterocycles. The van der Waals surface area contributed by atoms with Gasteiger partial charge in [0.05, 0.1) is 0 Å². The summed E-state index contributed by atoms with van der Waals surface area (Å²) in [5, 5.41) is 2.96. The smallest absolute Gasteiger partial charge is 0.253 e. The fourth-order valence-corrected chi connectivity index (χ4v) is 3.03. The Labute approximate surface area is 144 Å². The molecular weight excluding hydrogens is 300 g/mol. The Hall–Kier alpha value is -2.10. The summed E-state index contributed by atoms with van der Waals surface area (Å²) in [6, 6.07) is 6.93. The molecule has 1 aromatic carbocycles. The lowest BCUT2D eigenvalue weighted by atomic mass is 9.97. The Morgan fingerprint density at radius 2 is 1.71 bits per heavy atom. The van der Waals surface area contributed by atoms with Gasteiger partial charge in [-0.05, 0) is 70.2 Å². The molecule has 2 amide bonds. The van der Waals surface area contributed by atoms with Gasteiger partial charge in [-0.2, -0.15) is 0 Å². The van der Waals surface area contributed by atoms with E-state index in [1.54, 1.807) is 29.2 Å². The zero-order valence-corrected chi connectivity index (χ0v) is 14.8. The highest BCUT2D eigenvalue weighted by Crippen LogP contribution is 2.19. The summed E-state index contributed by atoms with van der Waals surface area (Å²) in [4.78, 5) is 26.2. The topological polar surface area (TPSA) is 49.4 Å². The molecule has 2 rings (SSSR count). The Balaban J connectivity index is 1.86. The van der Waals surface area contributed by atoms with Crippen LogP contribution in [0.15, 0.2) is 35.9 Å². The second kappa shape index (κ2) is 9.26. The molecule has 0 fully saturated rings. The van der Waals surface area contributed by atoms with Crippen molar-refractivity contribution in [1.29, 1.82) is 0 Å². The number of nitrogens with zero attached hydrogens (tertiary/aromatic N) is 1. The number of carbonyl (C=O) groups excluding carboxylic acids is 2. The van der Waals surface area contributed by atoms with Gasteiger partial charge in [0, 0.05) is 30.8 Å². The molecule has 0 saturated heterocycles. The Morgan fingerprint density at radius 3 is 2.29 bits per heavy atom. The van der Waals surface area contributed by atoms with Gasteiger partial charge in [0.25, 0.3) is 11.8 Å². The third kappa shape index (κ3) is 4.95. The van der Waals surface area contributed by atoms with Gasteiger partial charge in [-0.1, -0.05) is 11.6 Å². The van der Waals surface area contributed by atoms with Crippen molar-refractivity contribution >= 4 is 11.8 Å². The first-order chi connectivity index (χ1) is 11.7. The van der Waals surface area contributed by atoms with E-state index in [0.29, 0.717) is 30.8 Å². The normalized spacial score (nSPS) is 14.0. The van der Waals surface area contributed by atoms with Gasteiger partial charge >= 0.3 is 0 Å². The van der Waals surface area contributed by atoms with E-state index in [-0.39, 0.29) is 11.8 Å². The molecule has 0 spiro atoms.